The van der Waals surface area contributed by atoms with Crippen LogP contribution in [0.3, 0.4) is 0 Å². The van der Waals surface area contributed by atoms with Crippen molar-refractivity contribution >= 4 is 11.6 Å². The number of benzene rings is 2. The first kappa shape index (κ1) is 18.3. The predicted octanol–water partition coefficient (Wildman–Crippen LogP) is 3.32. The molecule has 138 valence electrons. The normalized spacial score (nSPS) is 10.5. The number of nitrogens with one attached hydrogen (secondary N) is 1. The summed E-state index contributed by atoms with van der Waals surface area (Å²) < 4.78 is 27.2. The minimum atomic E-state index is -1.10. The fourth-order valence-corrected chi connectivity index (χ4v) is 2.35. The van der Waals surface area contributed by atoms with Crippen LogP contribution in [-0.2, 0) is 6.61 Å². The number of aryl methyl sites for hydroxylation is 1. The third-order valence-corrected chi connectivity index (χ3v) is 3.83. The lowest BCUT2D eigenvalue weighted by molar-refractivity contribution is 0.0863. The number of carbonyl (C=O) groups is 1. The molecule has 0 aliphatic heterocycles. The highest BCUT2D eigenvalue weighted by Crippen LogP contribution is 2.13. The molecule has 0 saturated carbocycles. The van der Waals surface area contributed by atoms with Crippen LogP contribution in [0.4, 0.5) is 14.5 Å². The molecule has 0 saturated heterocycles. The fourth-order valence-electron chi connectivity index (χ4n) is 2.35. The van der Waals surface area contributed by atoms with Gasteiger partial charge in [0.15, 0.2) is 11.6 Å². The predicted molar refractivity (Wildman–Crippen MR) is 96.5 cm³/mol. The van der Waals surface area contributed by atoms with E-state index in [4.69, 9.17) is 4.84 Å². The molecule has 1 aromatic heterocycles. The Balaban J connectivity index is 1.75. The second-order valence-electron chi connectivity index (χ2n) is 5.89. The van der Waals surface area contributed by atoms with Crippen molar-refractivity contribution in [2.24, 2.45) is 0 Å². The van der Waals surface area contributed by atoms with E-state index in [1.807, 2.05) is 31.2 Å². The van der Waals surface area contributed by atoms with Crippen LogP contribution in [-0.4, -0.2) is 10.6 Å². The summed E-state index contributed by atoms with van der Waals surface area (Å²) in [5.74, 6) is -2.88. The molecule has 1 amide bonds. The van der Waals surface area contributed by atoms with Crippen LogP contribution in [0.1, 0.15) is 21.5 Å². The van der Waals surface area contributed by atoms with Crippen molar-refractivity contribution in [2.75, 3.05) is 5.32 Å². The molecule has 1 N–H and O–H groups in total. The van der Waals surface area contributed by atoms with E-state index in [0.29, 0.717) is 0 Å². The van der Waals surface area contributed by atoms with Gasteiger partial charge in [0.1, 0.15) is 12.2 Å². The second-order valence-corrected chi connectivity index (χ2v) is 5.89. The fraction of sp³-hybridized carbons (Fsp3) is 0.100. The van der Waals surface area contributed by atoms with Crippen molar-refractivity contribution in [1.82, 2.24) is 4.73 Å². The van der Waals surface area contributed by atoms with Gasteiger partial charge >= 0.3 is 0 Å². The van der Waals surface area contributed by atoms with Crippen molar-refractivity contribution in [3.8, 4) is 0 Å². The van der Waals surface area contributed by atoms with E-state index in [9.17, 15) is 18.4 Å². The number of rotatable bonds is 5. The molecule has 0 unspecified atom stereocenters. The van der Waals surface area contributed by atoms with Crippen LogP contribution < -0.4 is 15.7 Å². The van der Waals surface area contributed by atoms with Gasteiger partial charge in [-0.25, -0.2) is 8.78 Å². The van der Waals surface area contributed by atoms with Crippen molar-refractivity contribution in [2.45, 2.75) is 13.5 Å². The molecule has 27 heavy (non-hydrogen) atoms. The first-order valence-corrected chi connectivity index (χ1v) is 8.11. The molecule has 0 aliphatic rings. The van der Waals surface area contributed by atoms with Gasteiger partial charge in [-0.2, -0.15) is 4.73 Å². The lowest BCUT2D eigenvalue weighted by atomic mass is 10.2. The Labute approximate surface area is 153 Å². The maximum Gasteiger partial charge on any atom is 0.295 e. The number of pyridine rings is 1. The van der Waals surface area contributed by atoms with E-state index in [1.54, 1.807) is 0 Å². The Hall–Kier alpha value is -3.48. The molecular weight excluding hydrogens is 354 g/mol. The summed E-state index contributed by atoms with van der Waals surface area (Å²) in [5.41, 5.74) is 1.15. The van der Waals surface area contributed by atoms with Gasteiger partial charge in [-0.05, 0) is 36.8 Å². The highest BCUT2D eigenvalue weighted by Gasteiger charge is 2.14. The van der Waals surface area contributed by atoms with Crippen LogP contribution in [0.2, 0.25) is 0 Å². The molecule has 5 nitrogen and oxygen atoms in total. The SMILES string of the molecule is Cc1ccc(COn2cccc(C(=O)Nc3ccc(F)c(F)c3)c2=O)cc1. The van der Waals surface area contributed by atoms with Crippen molar-refractivity contribution in [3.63, 3.8) is 0 Å². The van der Waals surface area contributed by atoms with E-state index >= 15 is 0 Å². The van der Waals surface area contributed by atoms with Crippen LogP contribution in [0.15, 0.2) is 65.6 Å². The summed E-state index contributed by atoms with van der Waals surface area (Å²) in [6, 6.07) is 13.3. The van der Waals surface area contributed by atoms with E-state index in [2.05, 4.69) is 5.32 Å². The Kier molecular flexibility index (Phi) is 5.30. The van der Waals surface area contributed by atoms with Gasteiger partial charge in [0.05, 0.1) is 0 Å². The zero-order chi connectivity index (χ0) is 19.4. The quantitative estimate of drug-likeness (QED) is 0.750. The van der Waals surface area contributed by atoms with E-state index < -0.39 is 23.1 Å². The maximum absolute atomic E-state index is 13.2. The number of anilines is 1. The van der Waals surface area contributed by atoms with Crippen LogP contribution >= 0.6 is 0 Å². The zero-order valence-corrected chi connectivity index (χ0v) is 14.4. The summed E-state index contributed by atoms with van der Waals surface area (Å²) in [6.45, 7) is 2.11. The highest BCUT2D eigenvalue weighted by molar-refractivity contribution is 6.03. The lowest BCUT2D eigenvalue weighted by Crippen LogP contribution is -2.32. The topological polar surface area (TPSA) is 60.3 Å². The standard InChI is InChI=1S/C20H16F2N2O3/c1-13-4-6-14(7-5-13)12-27-24-10-2-3-16(20(24)26)19(25)23-15-8-9-17(21)18(22)11-15/h2-11H,12H2,1H3,(H,23,25). The second kappa shape index (κ2) is 7.82. The molecule has 0 atom stereocenters. The number of nitrogens with zero attached hydrogens (tertiary/aromatic N) is 1. The molecule has 1 heterocycles. The average molecular weight is 370 g/mol. The number of aromatic nitrogens is 1. The van der Waals surface area contributed by atoms with Gasteiger partial charge in [-0.3, -0.25) is 9.59 Å². The summed E-state index contributed by atoms with van der Waals surface area (Å²) >= 11 is 0. The summed E-state index contributed by atoms with van der Waals surface area (Å²) in [4.78, 5) is 30.2. The molecule has 2 aromatic carbocycles. The van der Waals surface area contributed by atoms with Crippen LogP contribution in [0, 0.1) is 18.6 Å². The summed E-state index contributed by atoms with van der Waals surface area (Å²) in [7, 11) is 0. The summed E-state index contributed by atoms with van der Waals surface area (Å²) in [6.07, 6.45) is 1.39. The monoisotopic (exact) mass is 370 g/mol. The van der Waals surface area contributed by atoms with E-state index in [-0.39, 0.29) is 17.9 Å². The lowest BCUT2D eigenvalue weighted by Gasteiger charge is -2.10. The molecular formula is C20H16F2N2O3. The molecule has 0 radical (unpaired) electrons. The Bertz CT molecular complexity index is 1030. The molecule has 3 aromatic rings. The Morgan fingerprint density at radius 3 is 2.52 bits per heavy atom. The van der Waals surface area contributed by atoms with Gasteiger partial charge in [-0.1, -0.05) is 29.8 Å². The minimum Gasteiger partial charge on any atom is -0.406 e. The maximum atomic E-state index is 13.2. The van der Waals surface area contributed by atoms with Crippen LogP contribution in [0.5, 0.6) is 0 Å². The van der Waals surface area contributed by atoms with E-state index in [0.717, 1.165) is 28.0 Å². The number of hydrogen-bond acceptors (Lipinski definition) is 3. The first-order valence-electron chi connectivity index (χ1n) is 8.11. The van der Waals surface area contributed by atoms with Crippen molar-refractivity contribution in [3.05, 3.63) is 99.5 Å². The van der Waals surface area contributed by atoms with Gasteiger partial charge in [-0.15, -0.1) is 0 Å². The van der Waals surface area contributed by atoms with Crippen molar-refractivity contribution < 1.29 is 18.4 Å². The Morgan fingerprint density at radius 2 is 1.81 bits per heavy atom. The molecule has 7 heteroatoms. The number of carbonyl (C=O) groups excluding carboxylic acids is 1. The Morgan fingerprint density at radius 1 is 1.07 bits per heavy atom. The largest absolute Gasteiger partial charge is 0.406 e. The molecule has 0 fully saturated rings. The van der Waals surface area contributed by atoms with Gasteiger partial charge in [0, 0.05) is 18.0 Å². The van der Waals surface area contributed by atoms with Gasteiger partial charge < -0.3 is 10.2 Å². The summed E-state index contributed by atoms with van der Waals surface area (Å²) in [5, 5.41) is 2.36. The third-order valence-electron chi connectivity index (χ3n) is 3.83. The molecule has 0 bridgehead atoms. The molecule has 3 rings (SSSR count). The van der Waals surface area contributed by atoms with Gasteiger partial charge in [0.2, 0.25) is 0 Å². The average Bonchev–Trinajstić information content (AvgIpc) is 2.65. The number of amides is 1. The van der Waals surface area contributed by atoms with Crippen LogP contribution in [0.25, 0.3) is 0 Å². The molecule has 0 spiro atoms. The number of halogens is 2. The first-order chi connectivity index (χ1) is 12.9. The van der Waals surface area contributed by atoms with E-state index in [1.165, 1.54) is 24.4 Å². The zero-order valence-electron chi connectivity index (χ0n) is 14.4. The highest BCUT2D eigenvalue weighted by atomic mass is 19.2. The molecule has 0 aliphatic carbocycles. The van der Waals surface area contributed by atoms with Gasteiger partial charge in [0.25, 0.3) is 11.5 Å². The minimum absolute atomic E-state index is 0.0364. The van der Waals surface area contributed by atoms with Crippen molar-refractivity contribution in [1.29, 1.82) is 0 Å². The number of hydrogen-bond donors (Lipinski definition) is 1. The third kappa shape index (κ3) is 4.38. The smallest absolute Gasteiger partial charge is 0.295 e.